The molecule has 276 valence electrons. The van der Waals surface area contributed by atoms with Crippen LogP contribution in [-0.4, -0.2) is 19.5 Å². The van der Waals surface area contributed by atoms with E-state index in [1.165, 1.54) is 38.4 Å². The molecule has 0 aliphatic carbocycles. The van der Waals surface area contributed by atoms with E-state index in [0.717, 1.165) is 49.9 Å². The van der Waals surface area contributed by atoms with Crippen molar-refractivity contribution in [2.45, 2.75) is 0 Å². The molecule has 11 aromatic rings. The number of benzene rings is 9. The molecule has 4 heteroatoms. The smallest absolute Gasteiger partial charge is 0.166 e. The molecule has 0 N–H and O–H groups in total. The molecule has 0 spiro atoms. The molecular formula is C55H36N4. The van der Waals surface area contributed by atoms with Crippen molar-refractivity contribution in [1.29, 1.82) is 0 Å². The lowest BCUT2D eigenvalue weighted by atomic mass is 9.96. The van der Waals surface area contributed by atoms with Crippen molar-refractivity contribution in [3.63, 3.8) is 0 Å². The average molecular weight is 753 g/mol. The van der Waals surface area contributed by atoms with Crippen molar-refractivity contribution in [2.75, 3.05) is 0 Å². The van der Waals surface area contributed by atoms with Gasteiger partial charge in [-0.05, 0) is 80.6 Å². The Morgan fingerprint density at radius 3 is 1.47 bits per heavy atom. The van der Waals surface area contributed by atoms with E-state index in [1.54, 1.807) is 0 Å². The molecule has 59 heavy (non-hydrogen) atoms. The number of aromatic nitrogens is 4. The minimum Gasteiger partial charge on any atom is -0.308 e. The van der Waals surface area contributed by atoms with Crippen LogP contribution in [0.5, 0.6) is 0 Å². The molecule has 11 rings (SSSR count). The SMILES string of the molecule is c1ccc(-c2cccc(-c3ccc(-c4nc(-c5ccccc5)nc(-c5ccc6c(-c7ccccc7)cccc6c5)n4)c(-n4c5ccccc5c5ccccc54)c3)c2)cc1. The minimum atomic E-state index is 0.605. The van der Waals surface area contributed by atoms with Gasteiger partial charge in [0.1, 0.15) is 0 Å². The van der Waals surface area contributed by atoms with Crippen LogP contribution in [0.2, 0.25) is 0 Å². The van der Waals surface area contributed by atoms with Crippen molar-refractivity contribution in [2.24, 2.45) is 0 Å². The summed E-state index contributed by atoms with van der Waals surface area (Å²) in [4.78, 5) is 15.8. The first-order valence-electron chi connectivity index (χ1n) is 19.9. The fraction of sp³-hybridized carbons (Fsp3) is 0. The molecular weight excluding hydrogens is 717 g/mol. The average Bonchev–Trinajstić information content (AvgIpc) is 3.66. The lowest BCUT2D eigenvalue weighted by Crippen LogP contribution is -2.04. The van der Waals surface area contributed by atoms with E-state index < -0.39 is 0 Å². The number of nitrogens with zero attached hydrogens (tertiary/aromatic N) is 4. The van der Waals surface area contributed by atoms with Gasteiger partial charge in [0.15, 0.2) is 17.5 Å². The van der Waals surface area contributed by atoms with Crippen molar-refractivity contribution >= 4 is 32.6 Å². The Hall–Kier alpha value is -7.95. The summed E-state index contributed by atoms with van der Waals surface area (Å²) in [6.45, 7) is 0. The molecule has 2 aromatic heterocycles. The van der Waals surface area contributed by atoms with Gasteiger partial charge in [-0.2, -0.15) is 0 Å². The highest BCUT2D eigenvalue weighted by atomic mass is 15.1. The molecule has 0 radical (unpaired) electrons. The molecule has 0 amide bonds. The zero-order valence-electron chi connectivity index (χ0n) is 32.1. The molecule has 4 nitrogen and oxygen atoms in total. The molecule has 0 saturated carbocycles. The Bertz CT molecular complexity index is 3260. The quantitative estimate of drug-likeness (QED) is 0.163. The van der Waals surface area contributed by atoms with Crippen molar-refractivity contribution in [3.8, 4) is 73.2 Å². The molecule has 9 aromatic carbocycles. The van der Waals surface area contributed by atoms with Gasteiger partial charge in [-0.3, -0.25) is 0 Å². The summed E-state index contributed by atoms with van der Waals surface area (Å²) >= 11 is 0. The van der Waals surface area contributed by atoms with Gasteiger partial charge >= 0.3 is 0 Å². The third kappa shape index (κ3) is 6.24. The van der Waals surface area contributed by atoms with Gasteiger partial charge in [-0.25, -0.2) is 15.0 Å². The maximum Gasteiger partial charge on any atom is 0.166 e. The van der Waals surface area contributed by atoms with E-state index in [-0.39, 0.29) is 0 Å². The van der Waals surface area contributed by atoms with E-state index in [4.69, 9.17) is 15.0 Å². The summed E-state index contributed by atoms with van der Waals surface area (Å²) in [5.41, 5.74) is 13.0. The van der Waals surface area contributed by atoms with Crippen molar-refractivity contribution in [3.05, 3.63) is 218 Å². The Kier molecular flexibility index (Phi) is 8.45. The zero-order valence-corrected chi connectivity index (χ0v) is 32.1. The second-order valence-electron chi connectivity index (χ2n) is 14.8. The van der Waals surface area contributed by atoms with Gasteiger partial charge in [-0.15, -0.1) is 0 Å². The van der Waals surface area contributed by atoms with Crippen LogP contribution in [0.3, 0.4) is 0 Å². The Morgan fingerprint density at radius 2 is 0.780 bits per heavy atom. The first kappa shape index (κ1) is 34.3. The first-order chi connectivity index (χ1) is 29.2. The van der Waals surface area contributed by atoms with E-state index in [2.05, 4.69) is 205 Å². The fourth-order valence-electron chi connectivity index (χ4n) is 8.41. The monoisotopic (exact) mass is 752 g/mol. The van der Waals surface area contributed by atoms with E-state index in [0.29, 0.717) is 17.5 Å². The van der Waals surface area contributed by atoms with Crippen LogP contribution in [0.1, 0.15) is 0 Å². The van der Waals surface area contributed by atoms with Gasteiger partial charge in [0.05, 0.1) is 16.7 Å². The minimum absolute atomic E-state index is 0.605. The van der Waals surface area contributed by atoms with Crippen molar-refractivity contribution < 1.29 is 0 Å². The molecule has 0 bridgehead atoms. The van der Waals surface area contributed by atoms with Crippen LogP contribution in [0, 0.1) is 0 Å². The van der Waals surface area contributed by atoms with Crippen LogP contribution < -0.4 is 0 Å². The topological polar surface area (TPSA) is 43.6 Å². The van der Waals surface area contributed by atoms with Crippen LogP contribution in [0.15, 0.2) is 218 Å². The number of para-hydroxylation sites is 2. The normalized spacial score (nSPS) is 11.4. The van der Waals surface area contributed by atoms with Crippen LogP contribution >= 0.6 is 0 Å². The van der Waals surface area contributed by atoms with E-state index in [9.17, 15) is 0 Å². The number of rotatable bonds is 7. The molecule has 2 heterocycles. The predicted molar refractivity (Wildman–Crippen MR) is 244 cm³/mol. The summed E-state index contributed by atoms with van der Waals surface area (Å²) in [6.07, 6.45) is 0. The molecule has 0 unspecified atom stereocenters. The van der Waals surface area contributed by atoms with E-state index >= 15 is 0 Å². The number of hydrogen-bond acceptors (Lipinski definition) is 3. The third-order valence-electron chi connectivity index (χ3n) is 11.3. The predicted octanol–water partition coefficient (Wildman–Crippen LogP) is 14.1. The highest BCUT2D eigenvalue weighted by molar-refractivity contribution is 6.10. The summed E-state index contributed by atoms with van der Waals surface area (Å²) < 4.78 is 2.37. The fourth-order valence-corrected chi connectivity index (χ4v) is 8.41. The summed E-state index contributed by atoms with van der Waals surface area (Å²) in [7, 11) is 0. The maximum atomic E-state index is 5.34. The van der Waals surface area contributed by atoms with Crippen LogP contribution in [-0.2, 0) is 0 Å². The summed E-state index contributed by atoms with van der Waals surface area (Å²) in [5.74, 6) is 1.85. The molecule has 0 aliphatic heterocycles. The lowest BCUT2D eigenvalue weighted by molar-refractivity contribution is 1.06. The summed E-state index contributed by atoms with van der Waals surface area (Å²) in [5, 5.41) is 4.69. The van der Waals surface area contributed by atoms with Crippen molar-refractivity contribution in [1.82, 2.24) is 19.5 Å². The lowest BCUT2D eigenvalue weighted by Gasteiger charge is -2.17. The maximum absolute atomic E-state index is 5.34. The second kappa shape index (κ2) is 14.5. The first-order valence-corrected chi connectivity index (χ1v) is 19.9. The third-order valence-corrected chi connectivity index (χ3v) is 11.3. The molecule has 0 saturated heterocycles. The number of fused-ring (bicyclic) bond motifs is 4. The van der Waals surface area contributed by atoms with Gasteiger partial charge in [0.25, 0.3) is 0 Å². The summed E-state index contributed by atoms with van der Waals surface area (Å²) in [6, 6.07) is 77.0. The second-order valence-corrected chi connectivity index (χ2v) is 14.8. The van der Waals surface area contributed by atoms with Gasteiger partial charge in [-0.1, -0.05) is 182 Å². The van der Waals surface area contributed by atoms with E-state index in [1.807, 2.05) is 18.2 Å². The Balaban J connectivity index is 1.15. The standard InChI is InChI=1S/C55H36N4/c1-4-16-37(17-5-1)40-22-14-23-41(34-40)42-30-33-49(52(36-42)59-50-28-12-10-25-47(50)48-26-11-13-29-51(48)59)55-57-53(39-20-8-3-9-21-39)56-54(58-55)44-31-32-46-43(35-44)24-15-27-45(46)38-18-6-2-7-19-38/h1-36H. The molecule has 0 aliphatic rings. The Labute approximate surface area is 342 Å². The Morgan fingerprint density at radius 1 is 0.271 bits per heavy atom. The van der Waals surface area contributed by atoms with Gasteiger partial charge in [0.2, 0.25) is 0 Å². The van der Waals surface area contributed by atoms with Crippen LogP contribution in [0.25, 0.3) is 106 Å². The highest BCUT2D eigenvalue weighted by Gasteiger charge is 2.21. The van der Waals surface area contributed by atoms with Gasteiger partial charge in [0, 0.05) is 27.5 Å². The highest BCUT2D eigenvalue weighted by Crippen LogP contribution is 2.39. The number of hydrogen-bond donors (Lipinski definition) is 0. The molecule has 0 atom stereocenters. The van der Waals surface area contributed by atoms with Gasteiger partial charge < -0.3 is 4.57 Å². The largest absolute Gasteiger partial charge is 0.308 e. The zero-order chi connectivity index (χ0) is 39.1. The van der Waals surface area contributed by atoms with Crippen LogP contribution in [0.4, 0.5) is 0 Å². The molecule has 0 fully saturated rings.